The van der Waals surface area contributed by atoms with Gasteiger partial charge in [-0.05, 0) is 50.9 Å². The fourth-order valence-electron chi connectivity index (χ4n) is 2.43. The second-order valence-corrected chi connectivity index (χ2v) is 6.19. The summed E-state index contributed by atoms with van der Waals surface area (Å²) >= 11 is 1.80. The molecule has 0 saturated heterocycles. The molecule has 2 rings (SSSR count). The molecule has 0 fully saturated rings. The molecule has 0 aliphatic rings. The van der Waals surface area contributed by atoms with Gasteiger partial charge in [0.05, 0.1) is 6.04 Å². The molecule has 1 N–H and O–H groups in total. The van der Waals surface area contributed by atoms with Crippen LogP contribution in [0.3, 0.4) is 0 Å². The predicted octanol–water partition coefficient (Wildman–Crippen LogP) is 3.68. The summed E-state index contributed by atoms with van der Waals surface area (Å²) < 4.78 is 0. The number of hydrogen-bond donors (Lipinski definition) is 1. The maximum Gasteiger partial charge on any atom is 0.133 e. The van der Waals surface area contributed by atoms with Crippen LogP contribution >= 0.6 is 11.3 Å². The molecule has 3 nitrogen and oxygen atoms in total. The number of nitrogens with zero attached hydrogens (tertiary/aromatic N) is 2. The van der Waals surface area contributed by atoms with Gasteiger partial charge in [0.15, 0.2) is 0 Å². The van der Waals surface area contributed by atoms with E-state index in [9.17, 15) is 0 Å². The topological polar surface area (TPSA) is 28.2 Å². The van der Waals surface area contributed by atoms with Gasteiger partial charge in [-0.1, -0.05) is 6.07 Å². The Bertz CT molecular complexity index is 563. The number of anilines is 1. The summed E-state index contributed by atoms with van der Waals surface area (Å²) in [5.41, 5.74) is 3.65. The number of pyridine rings is 1. The Kier molecular flexibility index (Phi) is 4.78. The van der Waals surface area contributed by atoms with E-state index in [1.54, 1.807) is 11.3 Å². The number of hydrogen-bond acceptors (Lipinski definition) is 4. The summed E-state index contributed by atoms with van der Waals surface area (Å²) in [5.74, 6) is 1.08. The number of aryl methyl sites for hydroxylation is 2. The van der Waals surface area contributed by atoms with Gasteiger partial charge in [-0.3, -0.25) is 0 Å². The first-order valence-corrected chi connectivity index (χ1v) is 7.80. The Morgan fingerprint density at radius 3 is 2.75 bits per heavy atom. The van der Waals surface area contributed by atoms with Crippen molar-refractivity contribution in [2.24, 2.45) is 0 Å². The van der Waals surface area contributed by atoms with Crippen LogP contribution in [-0.4, -0.2) is 19.1 Å². The Hall–Kier alpha value is -1.39. The van der Waals surface area contributed by atoms with Gasteiger partial charge in [0.1, 0.15) is 5.82 Å². The quantitative estimate of drug-likeness (QED) is 0.910. The zero-order chi connectivity index (χ0) is 14.7. The standard InChI is InChI=1S/C16H23N3S/c1-11-9-12(2)18-16(14(11)10-17-4)19(5)13(3)15-7-6-8-20-15/h6-9,13,17H,10H2,1-5H3. The highest BCUT2D eigenvalue weighted by atomic mass is 32.1. The van der Waals surface area contributed by atoms with Gasteiger partial charge < -0.3 is 10.2 Å². The Morgan fingerprint density at radius 2 is 2.15 bits per heavy atom. The normalized spacial score (nSPS) is 12.4. The Labute approximate surface area is 125 Å². The summed E-state index contributed by atoms with van der Waals surface area (Å²) in [7, 11) is 4.11. The lowest BCUT2D eigenvalue weighted by atomic mass is 10.1. The summed E-state index contributed by atoms with van der Waals surface area (Å²) in [6, 6.07) is 6.78. The second kappa shape index (κ2) is 6.37. The molecule has 0 radical (unpaired) electrons. The van der Waals surface area contributed by atoms with E-state index in [0.717, 1.165) is 18.1 Å². The van der Waals surface area contributed by atoms with Gasteiger partial charge >= 0.3 is 0 Å². The molecule has 0 amide bonds. The van der Waals surface area contributed by atoms with Gasteiger partial charge in [-0.25, -0.2) is 4.98 Å². The smallest absolute Gasteiger partial charge is 0.133 e. The van der Waals surface area contributed by atoms with Gasteiger partial charge in [0.2, 0.25) is 0 Å². The van der Waals surface area contributed by atoms with Crippen LogP contribution in [0, 0.1) is 13.8 Å². The summed E-state index contributed by atoms with van der Waals surface area (Å²) in [6.45, 7) is 7.29. The second-order valence-electron chi connectivity index (χ2n) is 5.22. The number of thiophene rings is 1. The van der Waals surface area contributed by atoms with Crippen molar-refractivity contribution in [3.63, 3.8) is 0 Å². The molecule has 20 heavy (non-hydrogen) atoms. The maximum atomic E-state index is 4.77. The van der Waals surface area contributed by atoms with Crippen LogP contribution in [-0.2, 0) is 6.54 Å². The van der Waals surface area contributed by atoms with E-state index < -0.39 is 0 Å². The van der Waals surface area contributed by atoms with Crippen molar-refractivity contribution in [3.05, 3.63) is 45.3 Å². The molecule has 0 bridgehead atoms. The van der Waals surface area contributed by atoms with Gasteiger partial charge in [0.25, 0.3) is 0 Å². The minimum absolute atomic E-state index is 0.333. The van der Waals surface area contributed by atoms with Crippen molar-refractivity contribution in [1.29, 1.82) is 0 Å². The summed E-state index contributed by atoms with van der Waals surface area (Å²) in [5, 5.41) is 5.38. The average molecular weight is 289 g/mol. The average Bonchev–Trinajstić information content (AvgIpc) is 2.94. The molecule has 2 aromatic heterocycles. The first-order chi connectivity index (χ1) is 9.54. The van der Waals surface area contributed by atoms with Crippen LogP contribution < -0.4 is 10.2 Å². The van der Waals surface area contributed by atoms with Crippen molar-refractivity contribution in [2.45, 2.75) is 33.4 Å². The third-order valence-corrected chi connectivity index (χ3v) is 4.72. The number of nitrogens with one attached hydrogen (secondary N) is 1. The van der Waals surface area contributed by atoms with E-state index in [1.807, 2.05) is 7.05 Å². The molecule has 1 atom stereocenters. The highest BCUT2D eigenvalue weighted by Gasteiger charge is 2.18. The third kappa shape index (κ3) is 3.02. The van der Waals surface area contributed by atoms with E-state index >= 15 is 0 Å². The van der Waals surface area contributed by atoms with Crippen LogP contribution in [0.2, 0.25) is 0 Å². The lowest BCUT2D eigenvalue weighted by Gasteiger charge is -2.28. The Balaban J connectivity index is 2.40. The van der Waals surface area contributed by atoms with Crippen LogP contribution in [0.4, 0.5) is 5.82 Å². The minimum atomic E-state index is 0.333. The third-order valence-electron chi connectivity index (χ3n) is 3.68. The number of aromatic nitrogens is 1. The SMILES string of the molecule is CNCc1c(C)cc(C)nc1N(C)C(C)c1cccs1. The molecule has 2 aromatic rings. The minimum Gasteiger partial charge on any atom is -0.352 e. The van der Waals surface area contributed by atoms with Crippen LogP contribution in [0.5, 0.6) is 0 Å². The van der Waals surface area contributed by atoms with E-state index in [4.69, 9.17) is 4.98 Å². The van der Waals surface area contributed by atoms with Crippen LogP contribution in [0.1, 0.15) is 34.7 Å². The molecular weight excluding hydrogens is 266 g/mol. The molecule has 0 aliphatic heterocycles. The Morgan fingerprint density at radius 1 is 1.40 bits per heavy atom. The van der Waals surface area contributed by atoms with Gasteiger partial charge in [-0.2, -0.15) is 0 Å². The predicted molar refractivity (Wildman–Crippen MR) is 87.6 cm³/mol. The molecule has 2 heterocycles. The highest BCUT2D eigenvalue weighted by molar-refractivity contribution is 7.10. The lowest BCUT2D eigenvalue weighted by Crippen LogP contribution is -2.25. The molecular formula is C16H23N3S. The zero-order valence-electron chi connectivity index (χ0n) is 12.9. The lowest BCUT2D eigenvalue weighted by molar-refractivity contribution is 0.720. The monoisotopic (exact) mass is 289 g/mol. The zero-order valence-corrected chi connectivity index (χ0v) is 13.7. The van der Waals surface area contributed by atoms with Crippen LogP contribution in [0.25, 0.3) is 0 Å². The van der Waals surface area contributed by atoms with Gasteiger partial charge in [-0.15, -0.1) is 11.3 Å². The molecule has 108 valence electrons. The maximum absolute atomic E-state index is 4.77. The number of rotatable bonds is 5. The molecule has 1 unspecified atom stereocenters. The molecule has 0 aromatic carbocycles. The van der Waals surface area contributed by atoms with Crippen LogP contribution in [0.15, 0.2) is 23.6 Å². The molecule has 4 heteroatoms. The van der Waals surface area contributed by atoms with Gasteiger partial charge in [0, 0.05) is 29.7 Å². The van der Waals surface area contributed by atoms with Crippen molar-refractivity contribution in [2.75, 3.05) is 19.0 Å². The largest absolute Gasteiger partial charge is 0.352 e. The highest BCUT2D eigenvalue weighted by Crippen LogP contribution is 2.30. The van der Waals surface area contributed by atoms with Crippen molar-refractivity contribution >= 4 is 17.2 Å². The summed E-state index contributed by atoms with van der Waals surface area (Å²) in [4.78, 5) is 8.41. The first kappa shape index (κ1) is 15.0. The molecule has 0 spiro atoms. The first-order valence-electron chi connectivity index (χ1n) is 6.92. The molecule has 0 saturated carbocycles. The van der Waals surface area contributed by atoms with E-state index in [1.165, 1.54) is 16.0 Å². The van der Waals surface area contributed by atoms with Crippen molar-refractivity contribution in [1.82, 2.24) is 10.3 Å². The van der Waals surface area contributed by atoms with E-state index in [2.05, 4.69) is 61.6 Å². The fraction of sp³-hybridized carbons (Fsp3) is 0.438. The molecule has 0 aliphatic carbocycles. The fourth-order valence-corrected chi connectivity index (χ4v) is 3.26. The van der Waals surface area contributed by atoms with E-state index in [-0.39, 0.29) is 0 Å². The summed E-state index contributed by atoms with van der Waals surface area (Å²) in [6.07, 6.45) is 0. The van der Waals surface area contributed by atoms with Crippen molar-refractivity contribution < 1.29 is 0 Å². The van der Waals surface area contributed by atoms with Crippen molar-refractivity contribution in [3.8, 4) is 0 Å². The van der Waals surface area contributed by atoms with E-state index in [0.29, 0.717) is 6.04 Å².